The standard InChI is InChI=1S/C31H38F2IN4O9.Al/c1-15(2)13-45-29(42)22(38-30(43)47-31(3,4)5)12-17-11-20(33)24(34)23(25(17)44-6)27(40)37-14-46-28(41)21(35)9-16-7-18(26(36)39)10-19(32)8-16;/h8,10-11,15,21-22H,9,12-14,35H2,1-6H3,(H2,36,39)(H,37,40)(H,38,43);. The predicted octanol–water partition coefficient (Wildman–Crippen LogP) is 1.91. The first-order valence-electron chi connectivity index (χ1n) is 14.5. The second kappa shape index (κ2) is 17.7. The largest absolute Gasteiger partial charge is 0.496 e. The number of nitrogens with two attached hydrogens (primary N) is 2. The normalized spacial score (nSPS) is 12.5. The minimum Gasteiger partial charge on any atom is -0.496 e. The molecule has 0 fully saturated rings. The van der Waals surface area contributed by atoms with Gasteiger partial charge in [0.15, 0.2) is 23.0 Å². The number of nitrogens with one attached hydrogen (secondary N) is 2. The zero-order valence-corrected chi connectivity index (χ0v) is 30.6. The third kappa shape index (κ3) is 11.9. The van der Waals surface area contributed by atoms with Crippen molar-refractivity contribution < 1.29 is 51.7 Å². The quantitative estimate of drug-likeness (QED) is 0.0720. The fourth-order valence-electron chi connectivity index (χ4n) is 4.20. The van der Waals surface area contributed by atoms with Crippen LogP contribution in [0, 0.1) is 21.1 Å². The molecule has 0 heterocycles. The Hall–Kier alpha value is -3.53. The van der Waals surface area contributed by atoms with Crippen molar-refractivity contribution in [1.29, 1.82) is 0 Å². The van der Waals surface area contributed by atoms with Gasteiger partial charge in [-0.1, -0.05) is 19.4 Å². The molecule has 13 nitrogen and oxygen atoms in total. The summed E-state index contributed by atoms with van der Waals surface area (Å²) >= 11 is 3.85. The molecule has 0 saturated carbocycles. The van der Waals surface area contributed by atoms with E-state index in [2.05, 4.69) is 26.9 Å². The van der Waals surface area contributed by atoms with Crippen molar-refractivity contribution in [3.8, 4) is 5.75 Å². The average Bonchev–Trinajstić information content (AvgIpc) is 2.97. The van der Waals surface area contributed by atoms with Gasteiger partial charge in [-0.05, 0) is 73.9 Å². The summed E-state index contributed by atoms with van der Waals surface area (Å²) in [5, 5.41) is 4.77. The fourth-order valence-corrected chi connectivity index (χ4v) is 5.27. The molecule has 2 aromatic rings. The first-order valence-corrected chi connectivity index (χ1v) is 16.2. The van der Waals surface area contributed by atoms with E-state index in [4.69, 9.17) is 30.4 Å². The van der Waals surface area contributed by atoms with Crippen molar-refractivity contribution in [2.45, 2.75) is 65.1 Å². The van der Waals surface area contributed by atoms with Gasteiger partial charge < -0.3 is 41.0 Å². The number of carbonyl (C=O) groups excluding carboxylic acids is 5. The van der Waals surface area contributed by atoms with Crippen LogP contribution in [-0.2, 0) is 36.6 Å². The van der Waals surface area contributed by atoms with E-state index in [1.54, 1.807) is 43.4 Å². The molecule has 0 saturated heterocycles. The summed E-state index contributed by atoms with van der Waals surface area (Å²) in [4.78, 5) is 62.9. The summed E-state index contributed by atoms with van der Waals surface area (Å²) in [7, 11) is 1.23. The lowest BCUT2D eigenvalue weighted by Gasteiger charge is -2.24. The smallest absolute Gasteiger partial charge is 0.408 e. The number of ether oxygens (including phenoxy) is 4. The number of methoxy groups -OCH3 is 1. The van der Waals surface area contributed by atoms with Gasteiger partial charge in [-0.25, -0.2) is 18.4 Å². The van der Waals surface area contributed by atoms with E-state index in [1.807, 2.05) is 13.8 Å². The minimum atomic E-state index is -1.34. The van der Waals surface area contributed by atoms with Crippen LogP contribution in [0.1, 0.15) is 66.5 Å². The molecule has 0 aromatic heterocycles. The molecule has 2 rings (SSSR count). The molecule has 2 radical (unpaired) electrons. The Kier molecular flexibility index (Phi) is 15.0. The Morgan fingerprint density at radius 1 is 1.00 bits per heavy atom. The van der Waals surface area contributed by atoms with Crippen LogP contribution in [0.2, 0.25) is 0 Å². The summed E-state index contributed by atoms with van der Waals surface area (Å²) < 4.78 is 50.4. The number of alkyl carbamates (subject to hydrolysis) is 1. The molecule has 2 unspecified atom stereocenters. The molecule has 260 valence electrons. The lowest BCUT2D eigenvalue weighted by molar-refractivity contribution is -0.147. The Morgan fingerprint density at radius 2 is 1.65 bits per heavy atom. The van der Waals surface area contributed by atoms with Crippen molar-refractivity contribution in [2.75, 3.05) is 20.4 Å². The Morgan fingerprint density at radius 3 is 2.21 bits per heavy atom. The van der Waals surface area contributed by atoms with E-state index >= 15 is 4.39 Å². The van der Waals surface area contributed by atoms with Crippen molar-refractivity contribution in [3.05, 3.63) is 55.7 Å². The Balaban J connectivity index is 2.25. The van der Waals surface area contributed by atoms with Crippen LogP contribution >= 0.6 is 22.6 Å². The number of amides is 3. The van der Waals surface area contributed by atoms with Crippen molar-refractivity contribution in [2.24, 2.45) is 17.4 Å². The lowest BCUT2D eigenvalue weighted by Crippen LogP contribution is -2.45. The van der Waals surface area contributed by atoms with Crippen LogP contribution in [0.5, 0.6) is 5.75 Å². The second-order valence-corrected chi connectivity index (χ2v) is 13.6. The molecule has 48 heavy (non-hydrogen) atoms. The van der Waals surface area contributed by atoms with Crippen LogP contribution in [0.3, 0.4) is 0 Å². The second-order valence-electron chi connectivity index (χ2n) is 12.0. The first kappa shape index (κ1) is 40.6. The molecular weight excluding hydrogens is 764 g/mol. The summed E-state index contributed by atoms with van der Waals surface area (Å²) in [5.41, 5.74) is 10.2. The van der Waals surface area contributed by atoms with Gasteiger partial charge in [-0.2, -0.15) is 0 Å². The predicted molar refractivity (Wildman–Crippen MR) is 179 cm³/mol. The van der Waals surface area contributed by atoms with Crippen molar-refractivity contribution in [1.82, 2.24) is 10.6 Å². The zero-order chi connectivity index (χ0) is 36.5. The van der Waals surface area contributed by atoms with Gasteiger partial charge in [-0.3, -0.25) is 14.4 Å². The molecular formula is C31H38AlF2IN4O9. The molecule has 6 N–H and O–H groups in total. The lowest BCUT2D eigenvalue weighted by atomic mass is 10.0. The molecule has 0 aliphatic rings. The molecule has 0 aliphatic carbocycles. The summed E-state index contributed by atoms with van der Waals surface area (Å²) in [6.07, 6.45) is -1.48. The van der Waals surface area contributed by atoms with Crippen LogP contribution < -0.4 is 31.3 Å². The molecule has 3 amide bonds. The highest BCUT2D eigenvalue weighted by Crippen LogP contribution is 2.32. The maximum Gasteiger partial charge on any atom is 0.408 e. The highest BCUT2D eigenvalue weighted by Gasteiger charge is 2.30. The number of hydrogen-bond acceptors (Lipinski definition) is 10. The maximum absolute atomic E-state index is 15.2. The molecule has 2 aromatic carbocycles. The van der Waals surface area contributed by atoms with Crippen LogP contribution in [0.15, 0.2) is 18.2 Å². The summed E-state index contributed by atoms with van der Waals surface area (Å²) in [5.74, 6) is -5.27. The third-order valence-corrected chi connectivity index (χ3v) is 8.06. The van der Waals surface area contributed by atoms with Gasteiger partial charge in [0.05, 0.1) is 22.9 Å². The molecule has 17 heteroatoms. The van der Waals surface area contributed by atoms with Gasteiger partial charge in [0, 0.05) is 17.5 Å². The first-order chi connectivity index (χ1) is 22.2. The van der Waals surface area contributed by atoms with Crippen molar-refractivity contribution in [3.63, 3.8) is 0 Å². The Bertz CT molecular complexity index is 1550. The molecule has 0 aliphatic heterocycles. The molecule has 0 bridgehead atoms. The number of esters is 2. The highest BCUT2D eigenvalue weighted by molar-refractivity contribution is 14.1. The van der Waals surface area contributed by atoms with E-state index < -0.39 is 65.9 Å². The average molecular weight is 803 g/mol. The summed E-state index contributed by atoms with van der Waals surface area (Å²) in [6, 6.07) is 0.453. The van der Waals surface area contributed by atoms with E-state index in [0.29, 0.717) is 0 Å². The van der Waals surface area contributed by atoms with Gasteiger partial charge in [-0.15, -0.1) is 4.43 Å². The fraction of sp³-hybridized carbons (Fsp3) is 0.452. The maximum atomic E-state index is 15.2. The number of hydrogen-bond donors (Lipinski definition) is 4. The number of carbonyl (C=O) groups is 5. The number of primary amides is 1. The topological polar surface area (TPSA) is 198 Å². The van der Waals surface area contributed by atoms with E-state index in [1.165, 1.54) is 7.11 Å². The van der Waals surface area contributed by atoms with Crippen LogP contribution in [0.4, 0.5) is 13.6 Å². The molecule has 0 spiro atoms. The summed E-state index contributed by atoms with van der Waals surface area (Å²) in [6.45, 7) is 7.91. The molecule has 2 atom stereocenters. The van der Waals surface area contributed by atoms with E-state index in [0.717, 1.165) is 18.2 Å². The third-order valence-electron chi connectivity index (χ3n) is 6.32. The number of rotatable bonds is 14. The Labute approximate surface area is 298 Å². The van der Waals surface area contributed by atoms with E-state index in [-0.39, 0.29) is 61.4 Å². The zero-order valence-electron chi connectivity index (χ0n) is 27.3. The SMILES string of the molecule is COc1c(CC(NC(=O)OC(C)(C)C)C(=O)OCC(C)C)cc(F)c(I)c1C(=O)NCOC(=O)C(N)Cc1cc(F)cc(C(N)=O)[c]1[Al]. The van der Waals surface area contributed by atoms with Gasteiger partial charge in [0.2, 0.25) is 5.91 Å². The van der Waals surface area contributed by atoms with E-state index in [9.17, 15) is 28.4 Å². The van der Waals surface area contributed by atoms with Gasteiger partial charge >= 0.3 is 18.0 Å². The number of benzene rings is 2. The highest BCUT2D eigenvalue weighted by atomic mass is 127. The van der Waals surface area contributed by atoms with Gasteiger partial charge in [0.1, 0.15) is 35.1 Å². The van der Waals surface area contributed by atoms with Gasteiger partial charge in [0.25, 0.3) is 5.91 Å². The van der Waals surface area contributed by atoms with Crippen LogP contribution in [-0.4, -0.2) is 84.3 Å². The van der Waals surface area contributed by atoms with Crippen molar-refractivity contribution >= 4 is 73.2 Å². The van der Waals surface area contributed by atoms with Crippen LogP contribution in [0.25, 0.3) is 0 Å². The minimum absolute atomic E-state index is 0.0143. The monoisotopic (exact) mass is 802 g/mol. The number of halogens is 3.